The number of non-ortho nitro benzene ring substituents is 1. The van der Waals surface area contributed by atoms with E-state index in [0.717, 1.165) is 11.8 Å². The van der Waals surface area contributed by atoms with E-state index >= 15 is 0 Å². The van der Waals surface area contributed by atoms with Gasteiger partial charge in [0, 0.05) is 18.7 Å². The number of allylic oxidation sites excluding steroid dienone is 1. The fourth-order valence-electron chi connectivity index (χ4n) is 3.02. The smallest absolute Gasteiger partial charge is 0.271 e. The lowest BCUT2D eigenvalue weighted by Crippen LogP contribution is -2.16. The fourth-order valence-corrected chi connectivity index (χ4v) is 3.95. The Kier molecular flexibility index (Phi) is 8.50. The molecule has 1 unspecified atom stereocenters. The third-order valence-electron chi connectivity index (χ3n) is 4.56. The van der Waals surface area contributed by atoms with Crippen LogP contribution in [0.3, 0.4) is 0 Å². The predicted molar refractivity (Wildman–Crippen MR) is 130 cm³/mol. The van der Waals surface area contributed by atoms with Gasteiger partial charge in [-0.3, -0.25) is 19.5 Å². The molecule has 0 radical (unpaired) electrons. The van der Waals surface area contributed by atoms with Crippen LogP contribution in [0.2, 0.25) is 5.02 Å². The van der Waals surface area contributed by atoms with Gasteiger partial charge in [0.05, 0.1) is 28.5 Å². The van der Waals surface area contributed by atoms with Gasteiger partial charge in [-0.05, 0) is 25.1 Å². The number of hydrogen-bond donors (Lipinski definition) is 1. The quantitative estimate of drug-likeness (QED) is 0.169. The van der Waals surface area contributed by atoms with Crippen LogP contribution in [0.4, 0.5) is 11.4 Å². The van der Waals surface area contributed by atoms with Gasteiger partial charge in [0.2, 0.25) is 5.91 Å². The van der Waals surface area contributed by atoms with Crippen LogP contribution >= 0.6 is 23.4 Å². The molecule has 1 N–H and O–H groups in total. The normalized spacial score (nSPS) is 11.5. The first kappa shape index (κ1) is 25.1. The van der Waals surface area contributed by atoms with Crippen LogP contribution in [0.5, 0.6) is 11.5 Å². The number of aromatic nitrogens is 3. The van der Waals surface area contributed by atoms with Crippen LogP contribution in [0.25, 0.3) is 0 Å². The van der Waals surface area contributed by atoms with Crippen LogP contribution in [-0.2, 0) is 11.3 Å². The van der Waals surface area contributed by atoms with Crippen molar-refractivity contribution in [3.63, 3.8) is 0 Å². The monoisotopic (exact) mass is 503 g/mol. The van der Waals surface area contributed by atoms with Crippen LogP contribution in [0.1, 0.15) is 18.9 Å². The molecule has 0 aliphatic rings. The Morgan fingerprint density at radius 1 is 1.32 bits per heavy atom. The Morgan fingerprint density at radius 3 is 2.76 bits per heavy atom. The molecule has 2 aromatic carbocycles. The number of nitro benzene ring substituents is 1. The molecule has 0 bridgehead atoms. The molecule has 1 aromatic heterocycles. The zero-order chi connectivity index (χ0) is 24.7. The zero-order valence-electron chi connectivity index (χ0n) is 18.4. The first-order valence-corrected chi connectivity index (χ1v) is 11.4. The molecule has 1 amide bonds. The SMILES string of the molecule is C=CCn1c(SCC(=O)Nc2cc([N+](=O)[O-])ccc2OC)nnc1C(C)Oc1ccccc1Cl. The average molecular weight is 504 g/mol. The van der Waals surface area contributed by atoms with E-state index in [2.05, 4.69) is 22.1 Å². The van der Waals surface area contributed by atoms with Gasteiger partial charge in [-0.25, -0.2) is 0 Å². The van der Waals surface area contributed by atoms with Gasteiger partial charge in [-0.2, -0.15) is 0 Å². The van der Waals surface area contributed by atoms with Gasteiger partial charge < -0.3 is 14.8 Å². The number of halogens is 1. The summed E-state index contributed by atoms with van der Waals surface area (Å²) in [6.45, 7) is 6.00. The molecule has 0 spiro atoms. The van der Waals surface area contributed by atoms with Crippen molar-refractivity contribution in [2.75, 3.05) is 18.2 Å². The maximum absolute atomic E-state index is 12.5. The molecular weight excluding hydrogens is 482 g/mol. The van der Waals surface area contributed by atoms with Gasteiger partial charge >= 0.3 is 0 Å². The van der Waals surface area contributed by atoms with E-state index in [1.807, 2.05) is 19.1 Å². The summed E-state index contributed by atoms with van der Waals surface area (Å²) in [4.78, 5) is 23.0. The van der Waals surface area contributed by atoms with E-state index in [-0.39, 0.29) is 23.0 Å². The highest BCUT2D eigenvalue weighted by molar-refractivity contribution is 7.99. The molecule has 1 heterocycles. The number of nitrogens with zero attached hydrogens (tertiary/aromatic N) is 4. The van der Waals surface area contributed by atoms with Crippen molar-refractivity contribution in [2.45, 2.75) is 24.7 Å². The number of nitro groups is 1. The number of carbonyl (C=O) groups excluding carboxylic acids is 1. The maximum atomic E-state index is 12.5. The number of amides is 1. The molecular formula is C22H22ClN5O5S. The number of nitrogens with one attached hydrogen (secondary N) is 1. The number of rotatable bonds is 11. The highest BCUT2D eigenvalue weighted by Gasteiger charge is 2.21. The number of anilines is 1. The lowest BCUT2D eigenvalue weighted by Gasteiger charge is -2.16. The Balaban J connectivity index is 1.71. The number of methoxy groups -OCH3 is 1. The van der Waals surface area contributed by atoms with E-state index < -0.39 is 11.0 Å². The molecule has 0 saturated carbocycles. The summed E-state index contributed by atoms with van der Waals surface area (Å²) >= 11 is 7.34. The number of benzene rings is 2. The van der Waals surface area contributed by atoms with Crippen LogP contribution in [-0.4, -0.2) is 38.5 Å². The summed E-state index contributed by atoms with van der Waals surface area (Å²) in [5.74, 6) is 0.971. The first-order chi connectivity index (χ1) is 16.3. The third-order valence-corrected chi connectivity index (χ3v) is 5.84. The molecule has 34 heavy (non-hydrogen) atoms. The van der Waals surface area contributed by atoms with Crippen molar-refractivity contribution < 1.29 is 19.2 Å². The highest BCUT2D eigenvalue weighted by atomic mass is 35.5. The van der Waals surface area contributed by atoms with E-state index in [9.17, 15) is 14.9 Å². The van der Waals surface area contributed by atoms with E-state index in [1.165, 1.54) is 25.3 Å². The van der Waals surface area contributed by atoms with E-state index in [1.54, 1.807) is 22.8 Å². The van der Waals surface area contributed by atoms with Crippen molar-refractivity contribution in [1.82, 2.24) is 14.8 Å². The summed E-state index contributed by atoms with van der Waals surface area (Å²) < 4.78 is 12.9. The second-order valence-corrected chi connectivity index (χ2v) is 8.26. The molecule has 0 fully saturated rings. The fraction of sp³-hybridized carbons (Fsp3) is 0.227. The Morgan fingerprint density at radius 2 is 2.09 bits per heavy atom. The standard InChI is InChI=1S/C22H22ClN5O5S/c1-4-11-27-21(14(2)33-18-8-6-5-7-16(18)23)25-26-22(27)34-13-20(29)24-17-12-15(28(30)31)9-10-19(17)32-3/h4-10,12,14H,1,11,13H2,2-3H3,(H,24,29). The van der Waals surface area contributed by atoms with Gasteiger partial charge in [0.25, 0.3) is 5.69 Å². The van der Waals surface area contributed by atoms with Crippen molar-refractivity contribution in [3.05, 3.63) is 76.1 Å². The molecule has 1 atom stereocenters. The Hall–Kier alpha value is -3.57. The molecule has 3 aromatic rings. The van der Waals surface area contributed by atoms with Crippen molar-refractivity contribution in [3.8, 4) is 11.5 Å². The summed E-state index contributed by atoms with van der Waals surface area (Å²) in [7, 11) is 1.41. The zero-order valence-corrected chi connectivity index (χ0v) is 20.0. The molecule has 178 valence electrons. The highest BCUT2D eigenvalue weighted by Crippen LogP contribution is 2.31. The molecule has 0 aliphatic heterocycles. The van der Waals surface area contributed by atoms with Crippen molar-refractivity contribution >= 4 is 40.6 Å². The minimum absolute atomic E-state index is 0.0130. The average Bonchev–Trinajstić information content (AvgIpc) is 3.22. The van der Waals surface area contributed by atoms with Crippen LogP contribution < -0.4 is 14.8 Å². The minimum atomic E-state index is -0.547. The maximum Gasteiger partial charge on any atom is 0.271 e. The molecule has 0 saturated heterocycles. The number of thioether (sulfide) groups is 1. The lowest BCUT2D eigenvalue weighted by atomic mass is 10.2. The molecule has 0 aliphatic carbocycles. The van der Waals surface area contributed by atoms with E-state index in [4.69, 9.17) is 21.1 Å². The largest absolute Gasteiger partial charge is 0.495 e. The summed E-state index contributed by atoms with van der Waals surface area (Å²) in [5.41, 5.74) is 0.0453. The topological polar surface area (TPSA) is 121 Å². The Labute approximate surface area is 205 Å². The van der Waals surface area contributed by atoms with Gasteiger partial charge in [-0.15, -0.1) is 16.8 Å². The molecule has 10 nitrogen and oxygen atoms in total. The molecule has 12 heteroatoms. The summed E-state index contributed by atoms with van der Waals surface area (Å²) in [6, 6.07) is 11.1. The van der Waals surface area contributed by atoms with Crippen molar-refractivity contribution in [2.24, 2.45) is 0 Å². The Bertz CT molecular complexity index is 1200. The van der Waals surface area contributed by atoms with Crippen LogP contribution in [0, 0.1) is 10.1 Å². The number of ether oxygens (including phenoxy) is 2. The number of para-hydroxylation sites is 1. The van der Waals surface area contributed by atoms with Gasteiger partial charge in [0.1, 0.15) is 11.5 Å². The lowest BCUT2D eigenvalue weighted by molar-refractivity contribution is -0.384. The second kappa shape index (κ2) is 11.5. The summed E-state index contributed by atoms with van der Waals surface area (Å²) in [6.07, 6.45) is 1.22. The number of hydrogen-bond acceptors (Lipinski definition) is 8. The van der Waals surface area contributed by atoms with Gasteiger partial charge in [-0.1, -0.05) is 41.6 Å². The van der Waals surface area contributed by atoms with Crippen molar-refractivity contribution in [1.29, 1.82) is 0 Å². The molecule has 3 rings (SSSR count). The second-order valence-electron chi connectivity index (χ2n) is 6.91. The predicted octanol–water partition coefficient (Wildman–Crippen LogP) is 4.91. The van der Waals surface area contributed by atoms with Crippen LogP contribution in [0.15, 0.2) is 60.3 Å². The number of carbonyl (C=O) groups is 1. The minimum Gasteiger partial charge on any atom is -0.495 e. The first-order valence-electron chi connectivity index (χ1n) is 10.0. The summed E-state index contributed by atoms with van der Waals surface area (Å²) in [5, 5.41) is 23.1. The van der Waals surface area contributed by atoms with Gasteiger partial charge in [0.15, 0.2) is 17.1 Å². The third kappa shape index (κ3) is 6.06. The van der Waals surface area contributed by atoms with E-state index in [0.29, 0.717) is 34.0 Å².